The average Bonchev–Trinajstić information content (AvgIpc) is 2.64. The fourth-order valence-electron chi connectivity index (χ4n) is 2.67. The van der Waals surface area contributed by atoms with Crippen molar-refractivity contribution in [3.8, 4) is 0 Å². The zero-order chi connectivity index (χ0) is 19.8. The predicted octanol–water partition coefficient (Wildman–Crippen LogP) is 3.97. The van der Waals surface area contributed by atoms with E-state index in [0.717, 1.165) is 11.3 Å². The van der Waals surface area contributed by atoms with E-state index in [1.54, 1.807) is 17.8 Å². The lowest BCUT2D eigenvalue weighted by Gasteiger charge is -2.22. The molecule has 2 N–H and O–H groups in total. The van der Waals surface area contributed by atoms with Crippen LogP contribution in [0.3, 0.4) is 0 Å². The first-order chi connectivity index (χ1) is 12.9. The average molecular weight is 385 g/mol. The van der Waals surface area contributed by atoms with Crippen LogP contribution in [0, 0.1) is 19.8 Å². The largest absolute Gasteiger partial charge is 0.353 e. The first kappa shape index (κ1) is 21.0. The number of nitrogens with one attached hydrogen (secondary N) is 2. The van der Waals surface area contributed by atoms with E-state index in [1.165, 1.54) is 10.5 Å². The highest BCUT2D eigenvalue weighted by Crippen LogP contribution is 2.17. The van der Waals surface area contributed by atoms with Crippen molar-refractivity contribution in [2.75, 3.05) is 12.3 Å². The van der Waals surface area contributed by atoms with Gasteiger partial charge < -0.3 is 10.6 Å². The number of hydrogen-bond donors (Lipinski definition) is 2. The van der Waals surface area contributed by atoms with Crippen molar-refractivity contribution >= 4 is 23.6 Å². The Kier molecular flexibility index (Phi) is 7.92. The molecule has 0 radical (unpaired) electrons. The van der Waals surface area contributed by atoms with Gasteiger partial charge in [-0.3, -0.25) is 9.59 Å². The molecule has 5 heteroatoms. The van der Waals surface area contributed by atoms with Crippen molar-refractivity contribution in [1.29, 1.82) is 0 Å². The fraction of sp³-hybridized carbons (Fsp3) is 0.364. The van der Waals surface area contributed by atoms with Crippen LogP contribution in [0.5, 0.6) is 0 Å². The summed E-state index contributed by atoms with van der Waals surface area (Å²) in [6, 6.07) is 15.2. The Balaban J connectivity index is 1.86. The van der Waals surface area contributed by atoms with E-state index in [-0.39, 0.29) is 17.7 Å². The monoisotopic (exact) mass is 384 g/mol. The maximum atomic E-state index is 12.6. The van der Waals surface area contributed by atoms with Gasteiger partial charge in [-0.15, -0.1) is 11.8 Å². The van der Waals surface area contributed by atoms with Gasteiger partial charge in [-0.2, -0.15) is 0 Å². The molecule has 0 aliphatic heterocycles. The Hall–Kier alpha value is -2.27. The summed E-state index contributed by atoms with van der Waals surface area (Å²) in [5.74, 6) is 0.431. The summed E-state index contributed by atoms with van der Waals surface area (Å²) >= 11 is 1.70. The fourth-order valence-corrected chi connectivity index (χ4v) is 3.44. The number of thioether (sulfide) groups is 1. The van der Waals surface area contributed by atoms with E-state index < -0.39 is 6.04 Å². The molecule has 4 nitrogen and oxygen atoms in total. The third kappa shape index (κ3) is 6.43. The Morgan fingerprint density at radius 3 is 2.30 bits per heavy atom. The van der Waals surface area contributed by atoms with Gasteiger partial charge in [0, 0.05) is 22.8 Å². The Morgan fingerprint density at radius 2 is 1.67 bits per heavy atom. The summed E-state index contributed by atoms with van der Waals surface area (Å²) < 4.78 is 0. The molecule has 0 aliphatic carbocycles. The Labute approximate surface area is 166 Å². The number of benzene rings is 2. The molecule has 2 aromatic rings. The molecule has 0 fully saturated rings. The van der Waals surface area contributed by atoms with Crippen LogP contribution in [0.1, 0.15) is 35.3 Å². The molecule has 1 unspecified atom stereocenters. The minimum Gasteiger partial charge on any atom is -0.353 e. The molecule has 0 saturated heterocycles. The van der Waals surface area contributed by atoms with Crippen molar-refractivity contribution in [3.63, 3.8) is 0 Å². The van der Waals surface area contributed by atoms with E-state index in [9.17, 15) is 9.59 Å². The zero-order valence-corrected chi connectivity index (χ0v) is 17.2. The normalized spacial score (nSPS) is 11.9. The summed E-state index contributed by atoms with van der Waals surface area (Å²) in [4.78, 5) is 26.3. The van der Waals surface area contributed by atoms with Crippen LogP contribution >= 0.6 is 11.8 Å². The van der Waals surface area contributed by atoms with Crippen molar-refractivity contribution in [1.82, 2.24) is 10.6 Å². The van der Waals surface area contributed by atoms with Gasteiger partial charge in [-0.05, 0) is 43.5 Å². The van der Waals surface area contributed by atoms with E-state index in [1.807, 2.05) is 39.0 Å². The Morgan fingerprint density at radius 1 is 1.00 bits per heavy atom. The first-order valence-corrected chi connectivity index (χ1v) is 10.2. The van der Waals surface area contributed by atoms with Gasteiger partial charge in [0.1, 0.15) is 6.04 Å². The van der Waals surface area contributed by atoms with Gasteiger partial charge in [0.25, 0.3) is 5.91 Å². The van der Waals surface area contributed by atoms with Crippen molar-refractivity contribution < 1.29 is 9.59 Å². The molecule has 0 spiro atoms. The third-order valence-electron chi connectivity index (χ3n) is 4.32. The smallest absolute Gasteiger partial charge is 0.252 e. The summed E-state index contributed by atoms with van der Waals surface area (Å²) in [5, 5.41) is 5.82. The molecule has 0 bridgehead atoms. The number of hydrogen-bond acceptors (Lipinski definition) is 3. The van der Waals surface area contributed by atoms with Crippen LogP contribution in [0.4, 0.5) is 0 Å². The quantitative estimate of drug-likeness (QED) is 0.535. The molecule has 2 rings (SSSR count). The maximum absolute atomic E-state index is 12.6. The highest BCUT2D eigenvalue weighted by Gasteiger charge is 2.24. The van der Waals surface area contributed by atoms with Crippen LogP contribution < -0.4 is 10.6 Å². The highest BCUT2D eigenvalue weighted by atomic mass is 32.2. The SMILES string of the molecule is Cc1ccc(SCCNC(=O)C(NC(=O)c2ccccc2C)C(C)C)cc1. The number of aryl methyl sites for hydroxylation is 2. The first-order valence-electron chi connectivity index (χ1n) is 9.22. The van der Waals surface area contributed by atoms with Gasteiger partial charge in [-0.1, -0.05) is 49.7 Å². The van der Waals surface area contributed by atoms with Gasteiger partial charge in [0.15, 0.2) is 0 Å². The second-order valence-corrected chi connectivity index (χ2v) is 8.13. The highest BCUT2D eigenvalue weighted by molar-refractivity contribution is 7.99. The lowest BCUT2D eigenvalue weighted by molar-refractivity contribution is -0.123. The van der Waals surface area contributed by atoms with E-state index >= 15 is 0 Å². The Bertz CT molecular complexity index is 772. The van der Waals surface area contributed by atoms with Gasteiger partial charge in [-0.25, -0.2) is 0 Å². The molecule has 0 aromatic heterocycles. The lowest BCUT2D eigenvalue weighted by Crippen LogP contribution is -2.50. The molecule has 0 heterocycles. The minimum absolute atomic E-state index is 0.00252. The summed E-state index contributed by atoms with van der Waals surface area (Å²) in [6.07, 6.45) is 0. The van der Waals surface area contributed by atoms with Gasteiger partial charge >= 0.3 is 0 Å². The van der Waals surface area contributed by atoms with Gasteiger partial charge in [0.2, 0.25) is 5.91 Å². The number of carbonyl (C=O) groups excluding carboxylic acids is 2. The van der Waals surface area contributed by atoms with Crippen molar-refractivity contribution in [3.05, 3.63) is 65.2 Å². The summed E-state index contributed by atoms with van der Waals surface area (Å²) in [5.41, 5.74) is 2.73. The second-order valence-electron chi connectivity index (χ2n) is 6.96. The van der Waals surface area contributed by atoms with E-state index in [0.29, 0.717) is 12.1 Å². The minimum atomic E-state index is -0.554. The number of rotatable bonds is 8. The molecular formula is C22H28N2O2S. The van der Waals surface area contributed by atoms with Crippen LogP contribution in [-0.2, 0) is 4.79 Å². The molecule has 1 atom stereocenters. The van der Waals surface area contributed by atoms with Crippen LogP contribution in [0.25, 0.3) is 0 Å². The summed E-state index contributed by atoms with van der Waals surface area (Å²) in [6.45, 7) is 8.38. The molecule has 2 aromatic carbocycles. The summed E-state index contributed by atoms with van der Waals surface area (Å²) in [7, 11) is 0. The molecule has 144 valence electrons. The van der Waals surface area contributed by atoms with Gasteiger partial charge in [0.05, 0.1) is 0 Å². The number of amides is 2. The zero-order valence-electron chi connectivity index (χ0n) is 16.4. The molecule has 0 saturated carbocycles. The third-order valence-corrected chi connectivity index (χ3v) is 5.33. The van der Waals surface area contributed by atoms with Crippen LogP contribution in [0.2, 0.25) is 0 Å². The molecule has 2 amide bonds. The van der Waals surface area contributed by atoms with Crippen molar-refractivity contribution in [2.45, 2.75) is 38.6 Å². The topological polar surface area (TPSA) is 58.2 Å². The lowest BCUT2D eigenvalue weighted by atomic mass is 10.0. The standard InChI is InChI=1S/C22H28N2O2S/c1-15(2)20(24-21(25)19-8-6-5-7-17(19)4)22(26)23-13-14-27-18-11-9-16(3)10-12-18/h5-12,15,20H,13-14H2,1-4H3,(H,23,26)(H,24,25). The maximum Gasteiger partial charge on any atom is 0.252 e. The molecule has 27 heavy (non-hydrogen) atoms. The van der Waals surface area contributed by atoms with Crippen LogP contribution in [0.15, 0.2) is 53.4 Å². The number of carbonyl (C=O) groups is 2. The predicted molar refractivity (Wildman–Crippen MR) is 112 cm³/mol. The second kappa shape index (κ2) is 10.2. The van der Waals surface area contributed by atoms with Crippen LogP contribution in [-0.4, -0.2) is 30.2 Å². The molecular weight excluding hydrogens is 356 g/mol. The van der Waals surface area contributed by atoms with Crippen molar-refractivity contribution in [2.24, 2.45) is 5.92 Å². The van der Waals surface area contributed by atoms with E-state index in [2.05, 4.69) is 41.8 Å². The molecule has 0 aliphatic rings. The van der Waals surface area contributed by atoms with E-state index in [4.69, 9.17) is 0 Å².